The maximum Gasteiger partial charge on any atom is 0.573 e. The van der Waals surface area contributed by atoms with Crippen molar-refractivity contribution in [3.8, 4) is 16.9 Å². The number of imide groups is 1. The summed E-state index contributed by atoms with van der Waals surface area (Å²) >= 11 is 6.61. The molecule has 10 nitrogen and oxygen atoms in total. The maximum absolute atomic E-state index is 15.2. The molecule has 0 bridgehead atoms. The van der Waals surface area contributed by atoms with Crippen LogP contribution in [0.2, 0.25) is 5.02 Å². The van der Waals surface area contributed by atoms with Crippen LogP contribution in [-0.4, -0.2) is 65.8 Å². The van der Waals surface area contributed by atoms with E-state index in [0.29, 0.717) is 79.1 Å². The third-order valence-corrected chi connectivity index (χ3v) is 11.1. The molecule has 1 unspecified atom stereocenters. The fourth-order valence-electron chi connectivity index (χ4n) is 8.03. The number of aromatic nitrogens is 1. The van der Waals surface area contributed by atoms with E-state index in [2.05, 4.69) is 15.4 Å². The van der Waals surface area contributed by atoms with Crippen LogP contribution in [0, 0.1) is 17.7 Å². The number of benzene rings is 3. The molecule has 3 fully saturated rings. The molecule has 1 atom stereocenters. The normalized spacial score (nSPS) is 18.9. The Morgan fingerprint density at radius 3 is 2.22 bits per heavy atom. The van der Waals surface area contributed by atoms with E-state index in [-0.39, 0.29) is 40.0 Å². The molecule has 0 aliphatic carbocycles. The maximum atomic E-state index is 15.2. The quantitative estimate of drug-likeness (QED) is 0.156. The van der Waals surface area contributed by atoms with Crippen LogP contribution >= 0.6 is 11.6 Å². The molecule has 54 heavy (non-hydrogen) atoms. The van der Waals surface area contributed by atoms with Crippen LogP contribution in [0.5, 0.6) is 5.75 Å². The Bertz CT molecular complexity index is 2180. The molecule has 15 heteroatoms. The molecule has 7 rings (SSSR count). The molecule has 2 N–H and O–H groups in total. The van der Waals surface area contributed by atoms with E-state index in [1.165, 1.54) is 27.8 Å². The van der Waals surface area contributed by atoms with Gasteiger partial charge >= 0.3 is 6.36 Å². The molecule has 3 amide bonds. The SMILES string of the molecule is Cn1cc(-c2cc(Cl)c(C(=O)N3CCC(C4CCN(c5ccc(NC6CCC(=O)NC6=O)cc5F)CC4)CC3)c(OC(F)(F)F)c2)c2ccccc2c1=O. The van der Waals surface area contributed by atoms with Gasteiger partial charge in [0, 0.05) is 62.5 Å². The second-order valence-electron chi connectivity index (χ2n) is 14.2. The van der Waals surface area contributed by atoms with Gasteiger partial charge in [-0.3, -0.25) is 24.5 Å². The number of ether oxygens (including phenoxy) is 1. The summed E-state index contributed by atoms with van der Waals surface area (Å²) in [5.74, 6) is -1.93. The number of carbonyl (C=O) groups is 3. The number of aryl methyl sites for hydroxylation is 1. The Labute approximate surface area is 313 Å². The third kappa shape index (κ3) is 7.75. The van der Waals surface area contributed by atoms with Crippen LogP contribution in [0.25, 0.3) is 21.9 Å². The lowest BCUT2D eigenvalue weighted by Gasteiger charge is -2.41. The summed E-state index contributed by atoms with van der Waals surface area (Å²) in [4.78, 5) is 53.6. The molecule has 4 aromatic rings. The second kappa shape index (κ2) is 15.0. The molecule has 0 radical (unpaired) electrons. The molecule has 4 heterocycles. The van der Waals surface area contributed by atoms with Crippen LogP contribution in [-0.2, 0) is 16.6 Å². The van der Waals surface area contributed by atoms with Crippen molar-refractivity contribution < 1.29 is 36.7 Å². The first-order valence-corrected chi connectivity index (χ1v) is 18.3. The monoisotopic (exact) mass is 767 g/mol. The summed E-state index contributed by atoms with van der Waals surface area (Å²) in [7, 11) is 1.54. The number of pyridine rings is 1. The van der Waals surface area contributed by atoms with Gasteiger partial charge in [0.25, 0.3) is 11.5 Å². The zero-order valence-electron chi connectivity index (χ0n) is 29.3. The highest BCUT2D eigenvalue weighted by atomic mass is 35.5. The third-order valence-electron chi connectivity index (χ3n) is 10.8. The zero-order chi connectivity index (χ0) is 38.3. The number of piperidine rings is 3. The molecule has 0 saturated carbocycles. The van der Waals surface area contributed by atoms with Gasteiger partial charge in [-0.15, -0.1) is 13.2 Å². The number of amides is 3. The first kappa shape index (κ1) is 37.2. The minimum atomic E-state index is -5.10. The van der Waals surface area contributed by atoms with E-state index in [1.54, 1.807) is 43.4 Å². The fourth-order valence-corrected chi connectivity index (χ4v) is 8.32. The van der Waals surface area contributed by atoms with Gasteiger partial charge in [0.15, 0.2) is 0 Å². The molecule has 3 aliphatic rings. The lowest BCUT2D eigenvalue weighted by atomic mass is 9.78. The van der Waals surface area contributed by atoms with Gasteiger partial charge < -0.3 is 24.4 Å². The highest BCUT2D eigenvalue weighted by Gasteiger charge is 2.37. The van der Waals surface area contributed by atoms with Crippen molar-refractivity contribution in [1.82, 2.24) is 14.8 Å². The number of hydrogen-bond donors (Lipinski definition) is 2. The van der Waals surface area contributed by atoms with Gasteiger partial charge in [-0.1, -0.05) is 29.8 Å². The van der Waals surface area contributed by atoms with Gasteiger partial charge in [-0.2, -0.15) is 0 Å². The minimum Gasteiger partial charge on any atom is -0.405 e. The molecular formula is C39H38ClF4N5O5. The van der Waals surface area contributed by atoms with Gasteiger partial charge in [-0.05, 0) is 91.3 Å². The predicted molar refractivity (Wildman–Crippen MR) is 196 cm³/mol. The average Bonchev–Trinajstić information content (AvgIpc) is 3.13. The van der Waals surface area contributed by atoms with Crippen LogP contribution in [0.3, 0.4) is 0 Å². The smallest absolute Gasteiger partial charge is 0.405 e. The van der Waals surface area contributed by atoms with Gasteiger partial charge in [0.2, 0.25) is 11.8 Å². The van der Waals surface area contributed by atoms with E-state index >= 15 is 4.39 Å². The number of alkyl halides is 3. The number of rotatable bonds is 7. The standard InChI is InChI=1S/C39H38ClF4N5O5/c1-47-21-28(26-4-2-3-5-27(26)37(47)52)24-18-29(40)35(33(19-24)54-39(42,43)44)38(53)49-16-12-23(13-17-49)22-10-14-48(15-11-22)32-8-6-25(20-30(32)41)45-31-7-9-34(50)46-36(31)51/h2-6,8,18-23,31,45H,7,9-17H2,1H3,(H,46,50,51). The highest BCUT2D eigenvalue weighted by Crippen LogP contribution is 2.40. The summed E-state index contributed by atoms with van der Waals surface area (Å²) in [6, 6.07) is 13.5. The second-order valence-corrected chi connectivity index (χ2v) is 14.6. The van der Waals surface area contributed by atoms with Crippen molar-refractivity contribution in [2.45, 2.75) is 50.9 Å². The first-order chi connectivity index (χ1) is 25.8. The predicted octanol–water partition coefficient (Wildman–Crippen LogP) is 6.88. The van der Waals surface area contributed by atoms with Crippen molar-refractivity contribution in [2.75, 3.05) is 36.4 Å². The molecule has 0 spiro atoms. The zero-order valence-corrected chi connectivity index (χ0v) is 30.1. The number of anilines is 2. The first-order valence-electron chi connectivity index (χ1n) is 17.9. The van der Waals surface area contributed by atoms with Crippen molar-refractivity contribution in [3.63, 3.8) is 0 Å². The number of likely N-dealkylation sites (tertiary alicyclic amines) is 1. The lowest BCUT2D eigenvalue weighted by molar-refractivity contribution is -0.274. The van der Waals surface area contributed by atoms with Gasteiger partial charge in [-0.25, -0.2) is 4.39 Å². The Balaban J connectivity index is 1.00. The molecule has 284 valence electrons. The highest BCUT2D eigenvalue weighted by molar-refractivity contribution is 6.34. The van der Waals surface area contributed by atoms with E-state index in [9.17, 15) is 32.3 Å². The summed E-state index contributed by atoms with van der Waals surface area (Å²) < 4.78 is 62.2. The lowest BCUT2D eigenvalue weighted by Crippen LogP contribution is -2.47. The Morgan fingerprint density at radius 1 is 0.907 bits per heavy atom. The summed E-state index contributed by atoms with van der Waals surface area (Å²) in [5.41, 5.74) is 0.983. The van der Waals surface area contributed by atoms with Crippen LogP contribution in [0.4, 0.5) is 28.9 Å². The van der Waals surface area contributed by atoms with Crippen molar-refractivity contribution in [1.29, 1.82) is 0 Å². The van der Waals surface area contributed by atoms with Crippen LogP contribution in [0.15, 0.2) is 65.6 Å². The number of nitrogens with one attached hydrogen (secondary N) is 2. The van der Waals surface area contributed by atoms with Crippen molar-refractivity contribution >= 4 is 51.5 Å². The Hall–Kier alpha value is -5.11. The van der Waals surface area contributed by atoms with E-state index in [1.807, 2.05) is 4.90 Å². The number of nitrogens with zero attached hydrogens (tertiary/aromatic N) is 3. The summed E-state index contributed by atoms with van der Waals surface area (Å²) in [5, 5.41) is 5.98. The van der Waals surface area contributed by atoms with Gasteiger partial charge in [0.1, 0.15) is 23.2 Å². The van der Waals surface area contributed by atoms with Gasteiger partial charge in [0.05, 0.1) is 10.7 Å². The van der Waals surface area contributed by atoms with Crippen molar-refractivity contribution in [2.24, 2.45) is 18.9 Å². The number of fused-ring (bicyclic) bond motifs is 1. The molecule has 3 aromatic carbocycles. The molecule has 3 saturated heterocycles. The average molecular weight is 768 g/mol. The van der Waals surface area contributed by atoms with Crippen molar-refractivity contribution in [3.05, 3.63) is 87.6 Å². The number of carbonyl (C=O) groups excluding carboxylic acids is 3. The van der Waals surface area contributed by atoms with Crippen LogP contribution in [0.1, 0.15) is 48.9 Å². The van der Waals surface area contributed by atoms with E-state index in [0.717, 1.165) is 18.9 Å². The van der Waals surface area contributed by atoms with Crippen LogP contribution < -0.4 is 25.8 Å². The summed E-state index contributed by atoms with van der Waals surface area (Å²) in [6.45, 7) is 1.92. The Kier molecular flexibility index (Phi) is 10.3. The minimum absolute atomic E-state index is 0.198. The van der Waals surface area contributed by atoms with E-state index < -0.39 is 35.8 Å². The largest absolute Gasteiger partial charge is 0.573 e. The molecular weight excluding hydrogens is 730 g/mol. The fraction of sp³-hybridized carbons (Fsp3) is 0.385. The Morgan fingerprint density at radius 2 is 1.57 bits per heavy atom. The molecule has 1 aromatic heterocycles. The number of halogens is 5. The van der Waals surface area contributed by atoms with E-state index in [4.69, 9.17) is 11.6 Å². The number of hydrogen-bond acceptors (Lipinski definition) is 7. The molecule has 3 aliphatic heterocycles. The summed E-state index contributed by atoms with van der Waals surface area (Å²) in [6.07, 6.45) is -0.104. The topological polar surface area (TPSA) is 113 Å².